The molecule has 0 spiro atoms. The van der Waals surface area contributed by atoms with Crippen molar-refractivity contribution in [3.05, 3.63) is 35.4 Å². The summed E-state index contributed by atoms with van der Waals surface area (Å²) in [5.41, 5.74) is 2.53. The van der Waals surface area contributed by atoms with Gasteiger partial charge in [0.1, 0.15) is 6.04 Å². The summed E-state index contributed by atoms with van der Waals surface area (Å²) in [7, 11) is 0. The normalized spacial score (nSPS) is 19.9. The summed E-state index contributed by atoms with van der Waals surface area (Å²) in [5, 5.41) is 3.26. The Morgan fingerprint density at radius 3 is 2.68 bits per heavy atom. The number of esters is 1. The van der Waals surface area contributed by atoms with Crippen molar-refractivity contribution in [2.75, 3.05) is 0 Å². The van der Waals surface area contributed by atoms with E-state index < -0.39 is 0 Å². The molecule has 1 aromatic rings. The van der Waals surface area contributed by atoms with Gasteiger partial charge in [-0.3, -0.25) is 4.79 Å². The maximum atomic E-state index is 12.1. The lowest BCUT2D eigenvalue weighted by Gasteiger charge is -2.26. The number of hydrogen-bond acceptors (Lipinski definition) is 3. The molecular formula is C16H23NO2. The van der Waals surface area contributed by atoms with E-state index in [2.05, 4.69) is 31.3 Å². The molecule has 0 aromatic heterocycles. The summed E-state index contributed by atoms with van der Waals surface area (Å²) in [6.07, 6.45) is 1.63. The van der Waals surface area contributed by atoms with Crippen molar-refractivity contribution in [3.8, 4) is 0 Å². The standard InChI is InChI=1S/C16H23NO2/c1-11(2)8-12(3)19-16(18)15-9-13-6-4-5-7-14(13)10-17-15/h4-7,11-12,15,17H,8-10H2,1-3H3. The van der Waals surface area contributed by atoms with Crippen LogP contribution in [0.25, 0.3) is 0 Å². The first-order valence-electron chi connectivity index (χ1n) is 7.07. The van der Waals surface area contributed by atoms with Crippen molar-refractivity contribution in [1.82, 2.24) is 5.32 Å². The highest BCUT2D eigenvalue weighted by atomic mass is 16.5. The van der Waals surface area contributed by atoms with E-state index in [0.717, 1.165) is 19.4 Å². The maximum Gasteiger partial charge on any atom is 0.323 e. The Morgan fingerprint density at radius 1 is 1.32 bits per heavy atom. The number of hydrogen-bond donors (Lipinski definition) is 1. The Morgan fingerprint density at radius 2 is 2.00 bits per heavy atom. The van der Waals surface area contributed by atoms with Gasteiger partial charge in [0.25, 0.3) is 0 Å². The summed E-state index contributed by atoms with van der Waals surface area (Å²) < 4.78 is 5.51. The summed E-state index contributed by atoms with van der Waals surface area (Å²) in [6.45, 7) is 6.99. The third kappa shape index (κ3) is 3.80. The average Bonchev–Trinajstić information content (AvgIpc) is 2.37. The Labute approximate surface area is 115 Å². The molecule has 2 unspecified atom stereocenters. The van der Waals surface area contributed by atoms with Gasteiger partial charge in [0.15, 0.2) is 0 Å². The van der Waals surface area contributed by atoms with Gasteiger partial charge in [0.05, 0.1) is 6.10 Å². The van der Waals surface area contributed by atoms with Crippen LogP contribution < -0.4 is 5.32 Å². The highest BCUT2D eigenvalue weighted by molar-refractivity contribution is 5.76. The van der Waals surface area contributed by atoms with Crippen LogP contribution in [0.1, 0.15) is 38.3 Å². The molecule has 1 aliphatic rings. The molecule has 0 radical (unpaired) electrons. The molecule has 0 fully saturated rings. The molecule has 1 N–H and O–H groups in total. The molecule has 2 atom stereocenters. The first-order chi connectivity index (χ1) is 9.06. The lowest BCUT2D eigenvalue weighted by Crippen LogP contribution is -2.43. The Kier molecular flexibility index (Phi) is 4.59. The van der Waals surface area contributed by atoms with E-state index in [1.165, 1.54) is 11.1 Å². The summed E-state index contributed by atoms with van der Waals surface area (Å²) >= 11 is 0. The fourth-order valence-electron chi connectivity index (χ4n) is 2.61. The van der Waals surface area contributed by atoms with Crippen LogP contribution >= 0.6 is 0 Å². The van der Waals surface area contributed by atoms with E-state index in [0.29, 0.717) is 5.92 Å². The molecule has 0 amide bonds. The number of fused-ring (bicyclic) bond motifs is 1. The highest BCUT2D eigenvalue weighted by Crippen LogP contribution is 2.18. The van der Waals surface area contributed by atoms with Gasteiger partial charge in [0.2, 0.25) is 0 Å². The number of rotatable bonds is 4. The van der Waals surface area contributed by atoms with Crippen LogP contribution in [0.5, 0.6) is 0 Å². The summed E-state index contributed by atoms with van der Waals surface area (Å²) in [4.78, 5) is 12.1. The van der Waals surface area contributed by atoms with Crippen LogP contribution in [0.3, 0.4) is 0 Å². The van der Waals surface area contributed by atoms with Gasteiger partial charge in [-0.1, -0.05) is 38.1 Å². The SMILES string of the molecule is CC(C)CC(C)OC(=O)C1Cc2ccccc2CN1. The fourth-order valence-corrected chi connectivity index (χ4v) is 2.61. The van der Waals surface area contributed by atoms with Crippen LogP contribution in [0, 0.1) is 5.92 Å². The minimum Gasteiger partial charge on any atom is -0.461 e. The molecule has 1 aliphatic heterocycles. The van der Waals surface area contributed by atoms with Gasteiger partial charge in [-0.25, -0.2) is 0 Å². The van der Waals surface area contributed by atoms with Crippen molar-refractivity contribution >= 4 is 5.97 Å². The number of benzene rings is 1. The second-order valence-electron chi connectivity index (χ2n) is 5.78. The number of carbonyl (C=O) groups is 1. The smallest absolute Gasteiger partial charge is 0.323 e. The van der Waals surface area contributed by atoms with Crippen molar-refractivity contribution in [2.24, 2.45) is 5.92 Å². The third-order valence-electron chi connectivity index (χ3n) is 3.49. The van der Waals surface area contributed by atoms with E-state index in [-0.39, 0.29) is 18.1 Å². The lowest BCUT2D eigenvalue weighted by molar-refractivity contribution is -0.151. The van der Waals surface area contributed by atoms with Crippen LogP contribution in [0.2, 0.25) is 0 Å². The van der Waals surface area contributed by atoms with Crippen LogP contribution in [-0.2, 0) is 22.5 Å². The van der Waals surface area contributed by atoms with Crippen molar-refractivity contribution in [1.29, 1.82) is 0 Å². The van der Waals surface area contributed by atoms with Gasteiger partial charge in [-0.15, -0.1) is 0 Å². The average molecular weight is 261 g/mol. The Hall–Kier alpha value is -1.35. The first kappa shape index (κ1) is 14.1. The molecule has 3 nitrogen and oxygen atoms in total. The van der Waals surface area contributed by atoms with Gasteiger partial charge in [-0.2, -0.15) is 0 Å². The first-order valence-corrected chi connectivity index (χ1v) is 7.07. The zero-order chi connectivity index (χ0) is 13.8. The number of ether oxygens (including phenoxy) is 1. The van der Waals surface area contributed by atoms with E-state index in [4.69, 9.17) is 4.74 Å². The predicted octanol–water partition coefficient (Wildman–Crippen LogP) is 2.68. The van der Waals surface area contributed by atoms with Crippen molar-refractivity contribution < 1.29 is 9.53 Å². The van der Waals surface area contributed by atoms with E-state index in [1.54, 1.807) is 0 Å². The molecule has 104 valence electrons. The van der Waals surface area contributed by atoms with Gasteiger partial charge in [-0.05, 0) is 36.8 Å². The minimum absolute atomic E-state index is 0.00790. The van der Waals surface area contributed by atoms with E-state index in [1.807, 2.05) is 19.1 Å². The second-order valence-corrected chi connectivity index (χ2v) is 5.78. The van der Waals surface area contributed by atoms with Gasteiger partial charge >= 0.3 is 5.97 Å². The molecule has 0 aliphatic carbocycles. The number of nitrogens with one attached hydrogen (secondary N) is 1. The zero-order valence-corrected chi connectivity index (χ0v) is 12.0. The monoisotopic (exact) mass is 261 g/mol. The van der Waals surface area contributed by atoms with E-state index in [9.17, 15) is 4.79 Å². The van der Waals surface area contributed by atoms with Gasteiger partial charge < -0.3 is 10.1 Å². The molecule has 1 heterocycles. The predicted molar refractivity (Wildman–Crippen MR) is 75.8 cm³/mol. The van der Waals surface area contributed by atoms with Crippen LogP contribution in [0.15, 0.2) is 24.3 Å². The third-order valence-corrected chi connectivity index (χ3v) is 3.49. The Bertz CT molecular complexity index is 442. The van der Waals surface area contributed by atoms with Crippen LogP contribution in [0.4, 0.5) is 0 Å². The quantitative estimate of drug-likeness (QED) is 0.847. The van der Waals surface area contributed by atoms with Crippen molar-refractivity contribution in [2.45, 2.75) is 52.3 Å². The number of carbonyl (C=O) groups excluding carboxylic acids is 1. The Balaban J connectivity index is 1.92. The summed E-state index contributed by atoms with van der Waals surface area (Å²) in [6, 6.07) is 8.04. The molecule has 0 bridgehead atoms. The van der Waals surface area contributed by atoms with Crippen LogP contribution in [-0.4, -0.2) is 18.1 Å². The minimum atomic E-state index is -0.204. The fraction of sp³-hybridized carbons (Fsp3) is 0.562. The van der Waals surface area contributed by atoms with Gasteiger partial charge in [0, 0.05) is 6.54 Å². The van der Waals surface area contributed by atoms with Crippen molar-refractivity contribution in [3.63, 3.8) is 0 Å². The highest BCUT2D eigenvalue weighted by Gasteiger charge is 2.26. The maximum absolute atomic E-state index is 12.1. The second kappa shape index (κ2) is 6.20. The molecule has 3 heteroatoms. The molecule has 1 aromatic carbocycles. The topological polar surface area (TPSA) is 38.3 Å². The zero-order valence-electron chi connectivity index (χ0n) is 12.0. The largest absolute Gasteiger partial charge is 0.461 e. The summed E-state index contributed by atoms with van der Waals surface area (Å²) in [5.74, 6) is 0.422. The van der Waals surface area contributed by atoms with E-state index >= 15 is 0 Å². The molecule has 2 rings (SSSR count). The molecule has 0 saturated heterocycles. The molecule has 19 heavy (non-hydrogen) atoms. The molecule has 0 saturated carbocycles. The lowest BCUT2D eigenvalue weighted by atomic mass is 9.96. The molecular weight excluding hydrogens is 238 g/mol.